The summed E-state index contributed by atoms with van der Waals surface area (Å²) in [4.78, 5) is 36.6. The van der Waals surface area contributed by atoms with E-state index in [1.54, 1.807) is 29.4 Å². The molecule has 2 aliphatic rings. The average Bonchev–Trinajstić information content (AvgIpc) is 3.07. The van der Waals surface area contributed by atoms with Crippen LogP contribution in [0.3, 0.4) is 0 Å². The first-order chi connectivity index (χ1) is 23.8. The Bertz CT molecular complexity index is 1960. The first kappa shape index (κ1) is 35.2. The SMILES string of the molecule is Cc1cccc(C)c1-c1cc2nc(n1)NS(=O)(=O)c1cccc(c1)C(=O)N(Cc1cncc(N3CCCC[C@H]3C)n1)C(CCC(C)(C)F)CO2. The average molecular weight is 702 g/mol. The number of hydrogen-bond acceptors (Lipinski definition) is 9. The molecule has 50 heavy (non-hydrogen) atoms. The largest absolute Gasteiger partial charge is 0.475 e. The molecule has 0 aliphatic carbocycles. The highest BCUT2D eigenvalue weighted by molar-refractivity contribution is 7.92. The number of alkyl halides is 1. The Labute approximate surface area is 293 Å². The summed E-state index contributed by atoms with van der Waals surface area (Å²) in [5.74, 6) is 0.226. The number of benzene rings is 2. The number of piperidine rings is 1. The van der Waals surface area contributed by atoms with E-state index in [0.717, 1.165) is 48.3 Å². The van der Waals surface area contributed by atoms with Crippen molar-refractivity contribution in [3.63, 3.8) is 0 Å². The van der Waals surface area contributed by atoms with Gasteiger partial charge < -0.3 is 14.5 Å². The number of ether oxygens (including phenoxy) is 1. The summed E-state index contributed by atoms with van der Waals surface area (Å²) in [5.41, 5.74) is 2.35. The van der Waals surface area contributed by atoms with Crippen LogP contribution < -0.4 is 14.4 Å². The van der Waals surface area contributed by atoms with Gasteiger partial charge in [-0.3, -0.25) is 9.78 Å². The first-order valence-corrected chi connectivity index (χ1v) is 18.5. The molecule has 4 aromatic rings. The Morgan fingerprint density at radius 3 is 2.52 bits per heavy atom. The predicted octanol–water partition coefficient (Wildman–Crippen LogP) is 6.66. The van der Waals surface area contributed by atoms with E-state index in [1.807, 2.05) is 32.0 Å². The van der Waals surface area contributed by atoms with Gasteiger partial charge in [-0.2, -0.15) is 4.98 Å². The summed E-state index contributed by atoms with van der Waals surface area (Å²) in [6.07, 6.45) is 7.03. The number of fused-ring (bicyclic) bond motifs is 4. The Balaban J connectivity index is 1.46. The van der Waals surface area contributed by atoms with Gasteiger partial charge in [-0.05, 0) is 96.0 Å². The summed E-state index contributed by atoms with van der Waals surface area (Å²) in [5, 5.41) is 0. The number of anilines is 2. The third kappa shape index (κ3) is 8.04. The lowest BCUT2D eigenvalue weighted by atomic mass is 9.99. The van der Waals surface area contributed by atoms with Crippen molar-refractivity contribution in [3.8, 4) is 17.1 Å². The van der Waals surface area contributed by atoms with Crippen LogP contribution in [0.1, 0.15) is 80.1 Å². The molecule has 11 nitrogen and oxygen atoms in total. The van der Waals surface area contributed by atoms with E-state index in [4.69, 9.17) is 9.72 Å². The van der Waals surface area contributed by atoms with Crippen molar-refractivity contribution < 1.29 is 22.3 Å². The van der Waals surface area contributed by atoms with Gasteiger partial charge >= 0.3 is 0 Å². The fourth-order valence-corrected chi connectivity index (χ4v) is 7.63. The molecule has 1 unspecified atom stereocenters. The summed E-state index contributed by atoms with van der Waals surface area (Å²) in [7, 11) is -4.22. The minimum Gasteiger partial charge on any atom is -0.475 e. The lowest BCUT2D eigenvalue weighted by Crippen LogP contribution is -2.44. The van der Waals surface area contributed by atoms with Gasteiger partial charge in [0.15, 0.2) is 0 Å². The van der Waals surface area contributed by atoms with Gasteiger partial charge in [-0.1, -0.05) is 24.3 Å². The summed E-state index contributed by atoms with van der Waals surface area (Å²) in [6, 6.07) is 13.0. The molecule has 2 aromatic heterocycles. The van der Waals surface area contributed by atoms with Crippen LogP contribution in [0.25, 0.3) is 11.3 Å². The summed E-state index contributed by atoms with van der Waals surface area (Å²) in [6.45, 7) is 9.93. The van der Waals surface area contributed by atoms with Crippen LogP contribution in [0.5, 0.6) is 5.88 Å². The van der Waals surface area contributed by atoms with Crippen molar-refractivity contribution in [3.05, 3.63) is 83.3 Å². The van der Waals surface area contributed by atoms with Crippen LogP contribution in [0, 0.1) is 13.8 Å². The number of carbonyl (C=O) groups excluding carboxylic acids is 1. The third-order valence-electron chi connectivity index (χ3n) is 9.36. The molecule has 264 valence electrons. The Kier molecular flexibility index (Phi) is 10.1. The van der Waals surface area contributed by atoms with Gasteiger partial charge in [0, 0.05) is 29.8 Å². The molecule has 1 fully saturated rings. The molecule has 2 aliphatic heterocycles. The van der Waals surface area contributed by atoms with Gasteiger partial charge in [-0.25, -0.2) is 27.5 Å². The molecule has 13 heteroatoms. The standard InChI is InChI=1S/C37H44FN7O4S/c1-24-10-8-11-25(2)34(24)31-19-33-42-36(41-31)43-50(47,48)30-14-9-13-27(18-30)35(46)45(29(23-49-33)15-16-37(4,5)38)22-28-20-39-21-32(40-28)44-17-7-6-12-26(44)3/h8-11,13-14,18-21,26,29H,6-7,12,15-17,22-23H2,1-5H3,(H,41,42,43)/t26-,29?/m1/s1. The van der Waals surface area contributed by atoms with Gasteiger partial charge in [0.1, 0.15) is 18.1 Å². The molecule has 6 rings (SSSR count). The highest BCUT2D eigenvalue weighted by Gasteiger charge is 2.31. The van der Waals surface area contributed by atoms with Gasteiger partial charge in [0.2, 0.25) is 11.8 Å². The van der Waals surface area contributed by atoms with E-state index >= 15 is 4.39 Å². The second kappa shape index (κ2) is 14.3. The lowest BCUT2D eigenvalue weighted by molar-refractivity contribution is 0.0531. The minimum absolute atomic E-state index is 0.0422. The molecule has 0 saturated carbocycles. The van der Waals surface area contributed by atoms with Crippen LogP contribution in [0.15, 0.2) is 65.8 Å². The number of hydrogen-bond donors (Lipinski definition) is 1. The molecular formula is C37H44FN7O4S. The lowest BCUT2D eigenvalue weighted by Gasteiger charge is -2.35. The van der Waals surface area contributed by atoms with Gasteiger partial charge in [-0.15, -0.1) is 0 Å². The number of carbonyl (C=O) groups is 1. The van der Waals surface area contributed by atoms with Gasteiger partial charge in [0.25, 0.3) is 15.9 Å². The Morgan fingerprint density at radius 1 is 1.02 bits per heavy atom. The first-order valence-electron chi connectivity index (χ1n) is 17.1. The maximum Gasteiger partial charge on any atom is 0.264 e. The van der Waals surface area contributed by atoms with E-state index in [0.29, 0.717) is 17.4 Å². The zero-order valence-corrected chi connectivity index (χ0v) is 30.0. The van der Waals surface area contributed by atoms with Crippen molar-refractivity contribution in [2.24, 2.45) is 0 Å². The molecule has 0 radical (unpaired) electrons. The number of sulfonamides is 1. The van der Waals surface area contributed by atoms with Crippen LogP contribution in [-0.4, -0.2) is 70.1 Å². The molecular weight excluding hydrogens is 658 g/mol. The van der Waals surface area contributed by atoms with Crippen LogP contribution in [0.2, 0.25) is 0 Å². The zero-order valence-electron chi connectivity index (χ0n) is 29.2. The second-order valence-corrected chi connectivity index (χ2v) is 15.6. The number of amides is 1. The number of nitrogens with zero attached hydrogens (tertiary/aromatic N) is 6. The van der Waals surface area contributed by atoms with Crippen molar-refractivity contribution in [2.75, 3.05) is 22.8 Å². The summed E-state index contributed by atoms with van der Waals surface area (Å²) >= 11 is 0. The maximum atomic E-state index is 15.1. The predicted molar refractivity (Wildman–Crippen MR) is 190 cm³/mol. The van der Waals surface area contributed by atoms with E-state index in [2.05, 4.69) is 31.5 Å². The molecule has 1 amide bonds. The smallest absolute Gasteiger partial charge is 0.264 e. The maximum absolute atomic E-state index is 15.1. The molecule has 1 saturated heterocycles. The number of aromatic nitrogens is 4. The highest BCUT2D eigenvalue weighted by Crippen LogP contribution is 2.31. The normalized spacial score (nSPS) is 19.4. The quantitative estimate of drug-likeness (QED) is 0.225. The molecule has 4 heterocycles. The Hall–Kier alpha value is -4.65. The number of halogens is 1. The Morgan fingerprint density at radius 2 is 1.78 bits per heavy atom. The van der Waals surface area contributed by atoms with Gasteiger partial charge in [0.05, 0.1) is 41.3 Å². The van der Waals surface area contributed by atoms with E-state index in [9.17, 15) is 13.2 Å². The van der Waals surface area contributed by atoms with E-state index in [1.165, 1.54) is 32.0 Å². The van der Waals surface area contributed by atoms with Crippen LogP contribution >= 0.6 is 0 Å². The minimum atomic E-state index is -4.22. The molecule has 1 N–H and O–H groups in total. The summed E-state index contributed by atoms with van der Waals surface area (Å²) < 4.78 is 51.3. The van der Waals surface area contributed by atoms with E-state index in [-0.39, 0.29) is 48.3 Å². The topological polar surface area (TPSA) is 131 Å². The number of nitrogens with one attached hydrogen (secondary N) is 1. The molecule has 0 spiro atoms. The van der Waals surface area contributed by atoms with E-state index < -0.39 is 27.6 Å². The fraction of sp³-hybridized carbons (Fsp3) is 0.432. The molecule has 4 bridgehead atoms. The zero-order chi connectivity index (χ0) is 35.6. The molecule has 2 atom stereocenters. The van der Waals surface area contributed by atoms with Crippen molar-refractivity contribution in [2.45, 2.75) is 95.9 Å². The van der Waals surface area contributed by atoms with Crippen molar-refractivity contribution in [1.29, 1.82) is 0 Å². The fourth-order valence-electron chi connectivity index (χ4n) is 6.64. The monoisotopic (exact) mass is 701 g/mol. The van der Waals surface area contributed by atoms with Crippen molar-refractivity contribution >= 4 is 27.7 Å². The second-order valence-electron chi connectivity index (χ2n) is 13.9. The highest BCUT2D eigenvalue weighted by atomic mass is 32.2. The molecule has 2 aromatic carbocycles. The third-order valence-corrected chi connectivity index (χ3v) is 10.7. The van der Waals surface area contributed by atoms with Crippen LogP contribution in [0.4, 0.5) is 16.2 Å². The number of rotatable bonds is 7. The van der Waals surface area contributed by atoms with Crippen molar-refractivity contribution in [1.82, 2.24) is 24.8 Å². The number of aryl methyl sites for hydroxylation is 2. The van der Waals surface area contributed by atoms with Crippen LogP contribution in [-0.2, 0) is 16.6 Å².